The fraction of sp³-hybridized carbons (Fsp3) is 0.391. The van der Waals surface area contributed by atoms with Crippen molar-refractivity contribution in [2.24, 2.45) is 0 Å². The van der Waals surface area contributed by atoms with Crippen molar-refractivity contribution >= 4 is 27.0 Å². The number of benzene rings is 2. The Balaban J connectivity index is 1.32. The Kier molecular flexibility index (Phi) is 4.98. The minimum atomic E-state index is -3.76. The molecule has 1 aliphatic carbocycles. The standard InChI is InChI=1S/C23H25N3O5S/c1-2-26-19-9-8-18(16-20(19)31-22(26)28)32(29,30)25-14-12-24(13-15-25)21(27)23(10-11-23)17-6-4-3-5-7-17/h3-9,16H,2,10-15H2,1H3. The third-order valence-electron chi connectivity index (χ3n) is 6.61. The maximum absolute atomic E-state index is 13.2. The van der Waals surface area contributed by atoms with E-state index in [1.807, 2.05) is 37.3 Å². The van der Waals surface area contributed by atoms with Crippen molar-refractivity contribution in [1.29, 1.82) is 0 Å². The Bertz CT molecular complexity index is 1330. The number of piperazine rings is 1. The molecule has 9 heteroatoms. The van der Waals surface area contributed by atoms with E-state index in [2.05, 4.69) is 0 Å². The summed E-state index contributed by atoms with van der Waals surface area (Å²) in [6.45, 7) is 3.45. The van der Waals surface area contributed by atoms with Crippen molar-refractivity contribution in [3.05, 3.63) is 64.6 Å². The molecule has 8 nitrogen and oxygen atoms in total. The van der Waals surface area contributed by atoms with Gasteiger partial charge in [0, 0.05) is 38.8 Å². The van der Waals surface area contributed by atoms with Crippen LogP contribution in [0.15, 0.2) is 62.6 Å². The highest BCUT2D eigenvalue weighted by molar-refractivity contribution is 7.89. The number of hydrogen-bond acceptors (Lipinski definition) is 5. The van der Waals surface area contributed by atoms with Gasteiger partial charge in [-0.25, -0.2) is 13.2 Å². The Morgan fingerprint density at radius 2 is 1.72 bits per heavy atom. The van der Waals surface area contributed by atoms with Crippen LogP contribution in [-0.2, 0) is 26.8 Å². The van der Waals surface area contributed by atoms with Gasteiger partial charge in [-0.1, -0.05) is 30.3 Å². The number of aryl methyl sites for hydroxylation is 1. The SMILES string of the molecule is CCn1c(=O)oc2cc(S(=O)(=O)N3CCN(C(=O)C4(c5ccccc5)CC4)CC3)ccc21. The molecule has 1 saturated carbocycles. The van der Waals surface area contributed by atoms with E-state index >= 15 is 0 Å². The molecule has 32 heavy (non-hydrogen) atoms. The smallest absolute Gasteiger partial charge is 0.408 e. The monoisotopic (exact) mass is 455 g/mol. The molecule has 1 amide bonds. The lowest BCUT2D eigenvalue weighted by Crippen LogP contribution is -2.52. The first kappa shape index (κ1) is 21.0. The van der Waals surface area contributed by atoms with Crippen LogP contribution >= 0.6 is 0 Å². The van der Waals surface area contributed by atoms with Crippen LogP contribution in [-0.4, -0.2) is 54.3 Å². The maximum Gasteiger partial charge on any atom is 0.419 e. The van der Waals surface area contributed by atoms with Gasteiger partial charge in [0.25, 0.3) is 0 Å². The second-order valence-electron chi connectivity index (χ2n) is 8.39. The van der Waals surface area contributed by atoms with Gasteiger partial charge in [0.1, 0.15) is 0 Å². The van der Waals surface area contributed by atoms with Gasteiger partial charge in [-0.15, -0.1) is 0 Å². The molecule has 2 aliphatic rings. The van der Waals surface area contributed by atoms with Gasteiger partial charge in [0.05, 0.1) is 15.8 Å². The molecule has 2 fully saturated rings. The first-order chi connectivity index (χ1) is 15.4. The van der Waals surface area contributed by atoms with E-state index in [0.717, 1.165) is 18.4 Å². The summed E-state index contributed by atoms with van der Waals surface area (Å²) in [4.78, 5) is 27.0. The molecule has 3 aromatic rings. The highest BCUT2D eigenvalue weighted by Gasteiger charge is 2.53. The Morgan fingerprint density at radius 3 is 2.34 bits per heavy atom. The zero-order valence-corrected chi connectivity index (χ0v) is 18.7. The molecule has 168 valence electrons. The lowest BCUT2D eigenvalue weighted by molar-refractivity contribution is -0.135. The number of aromatic nitrogens is 1. The fourth-order valence-electron chi connectivity index (χ4n) is 4.60. The summed E-state index contributed by atoms with van der Waals surface area (Å²) in [7, 11) is -3.76. The largest absolute Gasteiger partial charge is 0.419 e. The van der Waals surface area contributed by atoms with Crippen molar-refractivity contribution in [3.63, 3.8) is 0 Å². The predicted molar refractivity (Wildman–Crippen MR) is 119 cm³/mol. The van der Waals surface area contributed by atoms with Crippen molar-refractivity contribution in [2.75, 3.05) is 26.2 Å². The van der Waals surface area contributed by atoms with E-state index in [1.54, 1.807) is 11.0 Å². The van der Waals surface area contributed by atoms with Crippen molar-refractivity contribution in [1.82, 2.24) is 13.8 Å². The van der Waals surface area contributed by atoms with Crippen molar-refractivity contribution in [2.45, 2.75) is 36.6 Å². The van der Waals surface area contributed by atoms with Crippen molar-refractivity contribution < 1.29 is 17.6 Å². The number of nitrogens with zero attached hydrogens (tertiary/aromatic N) is 3. The second kappa shape index (κ2) is 7.60. The number of fused-ring (bicyclic) bond motifs is 1. The highest BCUT2D eigenvalue weighted by atomic mass is 32.2. The van der Waals surface area contributed by atoms with Gasteiger partial charge in [0.15, 0.2) is 5.58 Å². The van der Waals surface area contributed by atoms with Crippen LogP contribution in [0.5, 0.6) is 0 Å². The molecule has 2 heterocycles. The van der Waals surface area contributed by atoms with Crippen LogP contribution in [0.2, 0.25) is 0 Å². The lowest BCUT2D eigenvalue weighted by atomic mass is 9.94. The van der Waals surface area contributed by atoms with Crippen LogP contribution < -0.4 is 5.76 Å². The Labute approximate surface area is 186 Å². The number of oxazole rings is 1. The molecule has 0 radical (unpaired) electrons. The molecule has 0 N–H and O–H groups in total. The first-order valence-electron chi connectivity index (χ1n) is 10.9. The van der Waals surface area contributed by atoms with Gasteiger partial charge < -0.3 is 9.32 Å². The quantitative estimate of drug-likeness (QED) is 0.588. The first-order valence-corrected chi connectivity index (χ1v) is 12.3. The van der Waals surface area contributed by atoms with Crippen LogP contribution in [0.25, 0.3) is 11.1 Å². The normalized spacial score (nSPS) is 18.7. The molecule has 0 atom stereocenters. The number of rotatable bonds is 5. The summed E-state index contributed by atoms with van der Waals surface area (Å²) in [5.74, 6) is -0.415. The molecule has 0 bridgehead atoms. The average molecular weight is 456 g/mol. The zero-order chi connectivity index (χ0) is 22.5. The van der Waals surface area contributed by atoms with Gasteiger partial charge in [-0.2, -0.15) is 4.31 Å². The molecule has 5 rings (SSSR count). The summed E-state index contributed by atoms with van der Waals surface area (Å²) < 4.78 is 34.5. The van der Waals surface area contributed by atoms with E-state index in [-0.39, 0.29) is 29.5 Å². The summed E-state index contributed by atoms with van der Waals surface area (Å²) in [6, 6.07) is 14.3. The maximum atomic E-state index is 13.2. The van der Waals surface area contributed by atoms with Crippen LogP contribution in [0, 0.1) is 0 Å². The van der Waals surface area contributed by atoms with Gasteiger partial charge in [0.2, 0.25) is 15.9 Å². The van der Waals surface area contributed by atoms with Gasteiger partial charge in [-0.3, -0.25) is 9.36 Å². The van der Waals surface area contributed by atoms with E-state index in [9.17, 15) is 18.0 Å². The van der Waals surface area contributed by atoms with Gasteiger partial charge in [-0.05, 0) is 37.5 Å². The van der Waals surface area contributed by atoms with Crippen LogP contribution in [0.1, 0.15) is 25.3 Å². The minimum absolute atomic E-state index is 0.0877. The molecule has 1 aliphatic heterocycles. The lowest BCUT2D eigenvalue weighted by Gasteiger charge is -2.36. The van der Waals surface area contributed by atoms with E-state index in [0.29, 0.717) is 25.2 Å². The number of carbonyl (C=O) groups excluding carboxylic acids is 1. The van der Waals surface area contributed by atoms with E-state index in [1.165, 1.54) is 21.0 Å². The topological polar surface area (TPSA) is 92.8 Å². The molecule has 0 unspecified atom stereocenters. The average Bonchev–Trinajstić information content (AvgIpc) is 3.56. The molecule has 1 aromatic heterocycles. The molecule has 0 spiro atoms. The van der Waals surface area contributed by atoms with Crippen molar-refractivity contribution in [3.8, 4) is 0 Å². The fourth-order valence-corrected chi connectivity index (χ4v) is 6.04. The minimum Gasteiger partial charge on any atom is -0.408 e. The predicted octanol–water partition coefficient (Wildman–Crippen LogP) is 2.18. The Hall–Kier alpha value is -2.91. The number of amides is 1. The molecule has 2 aromatic carbocycles. The van der Waals surface area contributed by atoms with Crippen LogP contribution in [0.3, 0.4) is 0 Å². The number of hydrogen-bond donors (Lipinski definition) is 0. The number of sulfonamides is 1. The zero-order valence-electron chi connectivity index (χ0n) is 17.9. The second-order valence-corrected chi connectivity index (χ2v) is 10.3. The summed E-state index contributed by atoms with van der Waals surface area (Å²) in [6.07, 6.45) is 1.66. The third-order valence-corrected chi connectivity index (χ3v) is 8.50. The summed E-state index contributed by atoms with van der Waals surface area (Å²) in [5.41, 5.74) is 1.42. The third kappa shape index (κ3) is 3.27. The molecular formula is C23H25N3O5S. The Morgan fingerprint density at radius 1 is 1.03 bits per heavy atom. The van der Waals surface area contributed by atoms with E-state index < -0.39 is 21.2 Å². The highest BCUT2D eigenvalue weighted by Crippen LogP contribution is 2.49. The van der Waals surface area contributed by atoms with Gasteiger partial charge >= 0.3 is 5.76 Å². The summed E-state index contributed by atoms with van der Waals surface area (Å²) >= 11 is 0. The molecular weight excluding hydrogens is 430 g/mol. The molecule has 1 saturated heterocycles. The summed E-state index contributed by atoms with van der Waals surface area (Å²) in [5, 5.41) is 0. The van der Waals surface area contributed by atoms with Crippen LogP contribution in [0.4, 0.5) is 0 Å². The van der Waals surface area contributed by atoms with E-state index in [4.69, 9.17) is 4.42 Å². The number of carbonyl (C=O) groups is 1.